The van der Waals surface area contributed by atoms with Crippen LogP contribution < -0.4 is 15.2 Å². The lowest BCUT2D eigenvalue weighted by molar-refractivity contribution is -0.153. The number of nitrogens with zero attached hydrogens (tertiary/aromatic N) is 1. The summed E-state index contributed by atoms with van der Waals surface area (Å²) >= 11 is 0. The van der Waals surface area contributed by atoms with Gasteiger partial charge in [0.25, 0.3) is 0 Å². The molecule has 0 spiro atoms. The van der Waals surface area contributed by atoms with Crippen molar-refractivity contribution in [2.45, 2.75) is 12.7 Å². The largest absolute Gasteiger partial charge is 0.484 e. The van der Waals surface area contributed by atoms with Crippen molar-refractivity contribution in [2.24, 2.45) is 5.73 Å². The zero-order valence-electron chi connectivity index (χ0n) is 10.9. The monoisotopic (exact) mass is 298 g/mol. The van der Waals surface area contributed by atoms with Crippen molar-refractivity contribution >= 4 is 0 Å². The smallest absolute Gasteiger partial charge is 0.422 e. The lowest BCUT2D eigenvalue weighted by Gasteiger charge is -2.10. The predicted octanol–water partition coefficient (Wildman–Crippen LogP) is 3.27. The highest BCUT2D eigenvalue weighted by Crippen LogP contribution is 2.24. The van der Waals surface area contributed by atoms with E-state index in [1.807, 2.05) is 0 Å². The molecule has 1 heterocycles. The third-order valence-electron chi connectivity index (χ3n) is 2.48. The number of hydrogen-bond donors (Lipinski definition) is 1. The summed E-state index contributed by atoms with van der Waals surface area (Å²) in [5.41, 5.74) is 6.37. The molecule has 0 atom stereocenters. The van der Waals surface area contributed by atoms with Crippen LogP contribution in [0.15, 0.2) is 42.6 Å². The second-order valence-corrected chi connectivity index (χ2v) is 4.18. The SMILES string of the molecule is NCc1ccnc(Oc2ccc(OCC(F)(F)F)cc2)c1. The van der Waals surface area contributed by atoms with Crippen LogP contribution in [-0.2, 0) is 6.54 Å². The molecule has 0 aliphatic rings. The Labute approximate surface area is 119 Å². The molecule has 21 heavy (non-hydrogen) atoms. The first-order valence-electron chi connectivity index (χ1n) is 6.09. The van der Waals surface area contributed by atoms with Gasteiger partial charge in [-0.2, -0.15) is 13.2 Å². The van der Waals surface area contributed by atoms with Gasteiger partial charge < -0.3 is 15.2 Å². The molecule has 1 aromatic heterocycles. The number of benzene rings is 1. The zero-order valence-corrected chi connectivity index (χ0v) is 10.9. The average Bonchev–Trinajstić information content (AvgIpc) is 2.46. The highest BCUT2D eigenvalue weighted by atomic mass is 19.4. The Bertz CT molecular complexity index is 586. The van der Waals surface area contributed by atoms with Crippen molar-refractivity contribution in [3.05, 3.63) is 48.2 Å². The maximum Gasteiger partial charge on any atom is 0.422 e. The van der Waals surface area contributed by atoms with Gasteiger partial charge in [0.05, 0.1) is 0 Å². The number of pyridine rings is 1. The summed E-state index contributed by atoms with van der Waals surface area (Å²) in [4.78, 5) is 4.02. The molecule has 2 aromatic rings. The molecule has 0 aliphatic heterocycles. The van der Waals surface area contributed by atoms with Crippen LogP contribution in [0.2, 0.25) is 0 Å². The zero-order chi connectivity index (χ0) is 15.3. The van der Waals surface area contributed by atoms with Gasteiger partial charge in [0.2, 0.25) is 5.88 Å². The summed E-state index contributed by atoms with van der Waals surface area (Å²) in [6.45, 7) is -0.962. The first-order valence-corrected chi connectivity index (χ1v) is 6.09. The van der Waals surface area contributed by atoms with Gasteiger partial charge in [0.1, 0.15) is 11.5 Å². The van der Waals surface area contributed by atoms with E-state index in [0.29, 0.717) is 18.2 Å². The van der Waals surface area contributed by atoms with E-state index in [9.17, 15) is 13.2 Å². The predicted molar refractivity (Wildman–Crippen MR) is 70.2 cm³/mol. The molecular weight excluding hydrogens is 285 g/mol. The standard InChI is InChI=1S/C14H13F3N2O2/c15-14(16,17)9-20-11-1-3-12(4-2-11)21-13-7-10(8-18)5-6-19-13/h1-7H,8-9,18H2. The number of rotatable bonds is 5. The normalized spacial score (nSPS) is 11.2. The minimum atomic E-state index is -4.36. The van der Waals surface area contributed by atoms with Gasteiger partial charge in [-0.25, -0.2) is 4.98 Å². The molecule has 0 amide bonds. The molecule has 4 nitrogen and oxygen atoms in total. The molecule has 0 fully saturated rings. The summed E-state index contributed by atoms with van der Waals surface area (Å²) in [7, 11) is 0. The molecule has 7 heteroatoms. The molecule has 0 unspecified atom stereocenters. The Balaban J connectivity index is 1.98. The Morgan fingerprint density at radius 1 is 1.05 bits per heavy atom. The summed E-state index contributed by atoms with van der Waals surface area (Å²) in [5.74, 6) is 0.918. The molecule has 112 valence electrons. The van der Waals surface area contributed by atoms with Gasteiger partial charge in [-0.3, -0.25) is 0 Å². The Morgan fingerprint density at radius 3 is 2.33 bits per heavy atom. The van der Waals surface area contributed by atoms with E-state index in [1.54, 1.807) is 18.3 Å². The third kappa shape index (κ3) is 4.96. The molecule has 0 saturated heterocycles. The van der Waals surface area contributed by atoms with E-state index < -0.39 is 12.8 Å². The topological polar surface area (TPSA) is 57.4 Å². The quantitative estimate of drug-likeness (QED) is 0.920. The van der Waals surface area contributed by atoms with Crippen molar-refractivity contribution in [3.63, 3.8) is 0 Å². The van der Waals surface area contributed by atoms with E-state index in [4.69, 9.17) is 10.5 Å². The molecule has 0 radical (unpaired) electrons. The van der Waals surface area contributed by atoms with E-state index >= 15 is 0 Å². The van der Waals surface area contributed by atoms with Gasteiger partial charge in [0.15, 0.2) is 6.61 Å². The van der Waals surface area contributed by atoms with E-state index in [2.05, 4.69) is 9.72 Å². The van der Waals surface area contributed by atoms with Crippen molar-refractivity contribution in [1.82, 2.24) is 4.98 Å². The highest BCUT2D eigenvalue weighted by molar-refractivity contribution is 5.34. The summed E-state index contributed by atoms with van der Waals surface area (Å²) < 4.78 is 46.1. The van der Waals surface area contributed by atoms with Gasteiger partial charge in [0, 0.05) is 18.8 Å². The van der Waals surface area contributed by atoms with Gasteiger partial charge in [-0.15, -0.1) is 0 Å². The summed E-state index contributed by atoms with van der Waals surface area (Å²) in [5, 5.41) is 0. The van der Waals surface area contributed by atoms with Crippen LogP contribution in [0.5, 0.6) is 17.4 Å². The van der Waals surface area contributed by atoms with Crippen LogP contribution in [0.1, 0.15) is 5.56 Å². The maximum atomic E-state index is 12.0. The Kier molecular flexibility index (Phi) is 4.64. The number of halogens is 3. The van der Waals surface area contributed by atoms with Crippen molar-refractivity contribution < 1.29 is 22.6 Å². The van der Waals surface area contributed by atoms with Crippen molar-refractivity contribution in [2.75, 3.05) is 6.61 Å². The average molecular weight is 298 g/mol. The maximum absolute atomic E-state index is 12.0. The fraction of sp³-hybridized carbons (Fsp3) is 0.214. The van der Waals surface area contributed by atoms with Crippen LogP contribution in [0, 0.1) is 0 Å². The van der Waals surface area contributed by atoms with Crippen LogP contribution in [0.25, 0.3) is 0 Å². The molecule has 2 N–H and O–H groups in total. The van der Waals surface area contributed by atoms with Crippen molar-refractivity contribution in [3.8, 4) is 17.4 Å². The van der Waals surface area contributed by atoms with Crippen LogP contribution >= 0.6 is 0 Å². The number of nitrogens with two attached hydrogens (primary N) is 1. The van der Waals surface area contributed by atoms with E-state index in [-0.39, 0.29) is 5.75 Å². The van der Waals surface area contributed by atoms with Gasteiger partial charge >= 0.3 is 6.18 Å². The number of aromatic nitrogens is 1. The molecular formula is C14H13F3N2O2. The Hall–Kier alpha value is -2.28. The van der Waals surface area contributed by atoms with Crippen LogP contribution in [-0.4, -0.2) is 17.8 Å². The van der Waals surface area contributed by atoms with E-state index in [1.165, 1.54) is 24.3 Å². The minimum Gasteiger partial charge on any atom is -0.484 e. The first kappa shape index (κ1) is 15.1. The molecule has 0 saturated carbocycles. The highest BCUT2D eigenvalue weighted by Gasteiger charge is 2.28. The second kappa shape index (κ2) is 6.45. The van der Waals surface area contributed by atoms with E-state index in [0.717, 1.165) is 5.56 Å². The Morgan fingerprint density at radius 2 is 1.71 bits per heavy atom. The lowest BCUT2D eigenvalue weighted by Crippen LogP contribution is -2.19. The molecule has 2 rings (SSSR count). The fourth-order valence-electron chi connectivity index (χ4n) is 1.52. The lowest BCUT2D eigenvalue weighted by atomic mass is 10.3. The number of ether oxygens (including phenoxy) is 2. The van der Waals surface area contributed by atoms with Crippen molar-refractivity contribution in [1.29, 1.82) is 0 Å². The number of alkyl halides is 3. The van der Waals surface area contributed by atoms with Crippen LogP contribution in [0.3, 0.4) is 0 Å². The summed E-state index contributed by atoms with van der Waals surface area (Å²) in [6.07, 6.45) is -2.79. The molecule has 0 aliphatic carbocycles. The van der Waals surface area contributed by atoms with Gasteiger partial charge in [-0.05, 0) is 35.9 Å². The number of hydrogen-bond acceptors (Lipinski definition) is 4. The second-order valence-electron chi connectivity index (χ2n) is 4.18. The van der Waals surface area contributed by atoms with Crippen LogP contribution in [0.4, 0.5) is 13.2 Å². The fourth-order valence-corrected chi connectivity index (χ4v) is 1.52. The molecule has 1 aromatic carbocycles. The third-order valence-corrected chi connectivity index (χ3v) is 2.48. The minimum absolute atomic E-state index is 0.114. The van der Waals surface area contributed by atoms with Gasteiger partial charge in [-0.1, -0.05) is 0 Å². The molecule has 0 bridgehead atoms. The summed E-state index contributed by atoms with van der Waals surface area (Å²) in [6, 6.07) is 9.25. The first-order chi connectivity index (χ1) is 9.96.